The van der Waals surface area contributed by atoms with E-state index in [1.807, 2.05) is 12.1 Å². The molecule has 3 N–H and O–H groups in total. The SMILES string of the molecule is CCOC(=O)c1cccc(NC(CC)C(C)C)c1N. The average molecular weight is 264 g/mol. The van der Waals surface area contributed by atoms with E-state index in [9.17, 15) is 4.79 Å². The number of para-hydroxylation sites is 1. The van der Waals surface area contributed by atoms with Crippen LogP contribution in [0.25, 0.3) is 0 Å². The first-order chi connectivity index (χ1) is 9.01. The van der Waals surface area contributed by atoms with Gasteiger partial charge in [-0.1, -0.05) is 26.8 Å². The Balaban J connectivity index is 2.97. The molecule has 1 aromatic carbocycles. The van der Waals surface area contributed by atoms with Crippen LogP contribution < -0.4 is 11.1 Å². The van der Waals surface area contributed by atoms with Crippen LogP contribution in [0, 0.1) is 5.92 Å². The second-order valence-corrected chi connectivity index (χ2v) is 4.89. The van der Waals surface area contributed by atoms with Gasteiger partial charge in [-0.15, -0.1) is 0 Å². The summed E-state index contributed by atoms with van der Waals surface area (Å²) < 4.78 is 5.00. The summed E-state index contributed by atoms with van der Waals surface area (Å²) in [5.74, 6) is 0.122. The topological polar surface area (TPSA) is 64.3 Å². The van der Waals surface area contributed by atoms with E-state index in [4.69, 9.17) is 10.5 Å². The zero-order chi connectivity index (χ0) is 14.4. The van der Waals surface area contributed by atoms with Crippen molar-refractivity contribution in [3.05, 3.63) is 23.8 Å². The predicted molar refractivity (Wildman–Crippen MR) is 79.4 cm³/mol. The summed E-state index contributed by atoms with van der Waals surface area (Å²) >= 11 is 0. The van der Waals surface area contributed by atoms with Crippen LogP contribution in [0.3, 0.4) is 0 Å². The number of hydrogen-bond donors (Lipinski definition) is 2. The summed E-state index contributed by atoms with van der Waals surface area (Å²) in [4.78, 5) is 11.8. The quantitative estimate of drug-likeness (QED) is 0.611. The van der Waals surface area contributed by atoms with E-state index in [1.54, 1.807) is 13.0 Å². The van der Waals surface area contributed by atoms with Crippen LogP contribution in [0.5, 0.6) is 0 Å². The summed E-state index contributed by atoms with van der Waals surface area (Å²) in [5.41, 5.74) is 7.73. The maximum Gasteiger partial charge on any atom is 0.340 e. The summed E-state index contributed by atoms with van der Waals surface area (Å²) in [6, 6.07) is 5.73. The average Bonchev–Trinajstić information content (AvgIpc) is 2.37. The normalized spacial score (nSPS) is 12.3. The smallest absolute Gasteiger partial charge is 0.340 e. The molecule has 19 heavy (non-hydrogen) atoms. The Morgan fingerprint density at radius 1 is 1.37 bits per heavy atom. The highest BCUT2D eigenvalue weighted by atomic mass is 16.5. The zero-order valence-electron chi connectivity index (χ0n) is 12.2. The van der Waals surface area contributed by atoms with Gasteiger partial charge in [0.25, 0.3) is 0 Å². The molecule has 0 aliphatic heterocycles. The van der Waals surface area contributed by atoms with Crippen molar-refractivity contribution in [2.75, 3.05) is 17.7 Å². The summed E-state index contributed by atoms with van der Waals surface area (Å²) in [6.07, 6.45) is 1.00. The molecule has 0 aliphatic rings. The van der Waals surface area contributed by atoms with Gasteiger partial charge in [-0.25, -0.2) is 4.79 Å². The number of carbonyl (C=O) groups is 1. The third kappa shape index (κ3) is 3.88. The van der Waals surface area contributed by atoms with Crippen molar-refractivity contribution < 1.29 is 9.53 Å². The molecular formula is C15H24N2O2. The molecule has 106 valence electrons. The molecule has 0 spiro atoms. The second-order valence-electron chi connectivity index (χ2n) is 4.89. The van der Waals surface area contributed by atoms with Crippen molar-refractivity contribution in [1.82, 2.24) is 0 Å². The van der Waals surface area contributed by atoms with E-state index in [-0.39, 0.29) is 5.97 Å². The van der Waals surface area contributed by atoms with Gasteiger partial charge in [0, 0.05) is 6.04 Å². The number of rotatable bonds is 6. The van der Waals surface area contributed by atoms with Crippen LogP contribution in [0.2, 0.25) is 0 Å². The van der Waals surface area contributed by atoms with Gasteiger partial charge in [0.05, 0.1) is 23.5 Å². The van der Waals surface area contributed by atoms with Gasteiger partial charge < -0.3 is 15.8 Å². The molecule has 4 nitrogen and oxygen atoms in total. The van der Waals surface area contributed by atoms with Crippen molar-refractivity contribution >= 4 is 17.3 Å². The molecule has 0 saturated heterocycles. The third-order valence-corrected chi connectivity index (χ3v) is 3.19. The Bertz CT molecular complexity index is 430. The first-order valence-electron chi connectivity index (χ1n) is 6.83. The molecule has 0 aromatic heterocycles. The Morgan fingerprint density at radius 2 is 2.05 bits per heavy atom. The zero-order valence-corrected chi connectivity index (χ0v) is 12.2. The minimum Gasteiger partial charge on any atom is -0.462 e. The fourth-order valence-corrected chi connectivity index (χ4v) is 2.02. The molecule has 1 unspecified atom stereocenters. The van der Waals surface area contributed by atoms with Gasteiger partial charge >= 0.3 is 5.97 Å². The van der Waals surface area contributed by atoms with Crippen molar-refractivity contribution in [2.45, 2.75) is 40.2 Å². The highest BCUT2D eigenvalue weighted by Crippen LogP contribution is 2.26. The summed E-state index contributed by atoms with van der Waals surface area (Å²) in [6.45, 7) is 8.57. The Hall–Kier alpha value is -1.71. The van der Waals surface area contributed by atoms with Crippen LogP contribution in [0.1, 0.15) is 44.5 Å². The van der Waals surface area contributed by atoms with Gasteiger partial charge in [-0.05, 0) is 31.4 Å². The lowest BCUT2D eigenvalue weighted by atomic mass is 10.0. The third-order valence-electron chi connectivity index (χ3n) is 3.19. The number of hydrogen-bond acceptors (Lipinski definition) is 4. The number of ether oxygens (including phenoxy) is 1. The fourth-order valence-electron chi connectivity index (χ4n) is 2.02. The number of esters is 1. The van der Waals surface area contributed by atoms with E-state index in [0.717, 1.165) is 12.1 Å². The van der Waals surface area contributed by atoms with Gasteiger partial charge in [0.2, 0.25) is 0 Å². The highest BCUT2D eigenvalue weighted by Gasteiger charge is 2.16. The van der Waals surface area contributed by atoms with E-state index in [2.05, 4.69) is 26.1 Å². The van der Waals surface area contributed by atoms with Crippen LogP contribution in [0.4, 0.5) is 11.4 Å². The Kier molecular flexibility index (Phi) is 5.67. The van der Waals surface area contributed by atoms with Crippen LogP contribution >= 0.6 is 0 Å². The molecular weight excluding hydrogens is 240 g/mol. The molecule has 0 amide bonds. The molecule has 0 bridgehead atoms. The van der Waals surface area contributed by atoms with Gasteiger partial charge in [0.15, 0.2) is 0 Å². The fraction of sp³-hybridized carbons (Fsp3) is 0.533. The van der Waals surface area contributed by atoms with Crippen molar-refractivity contribution in [3.8, 4) is 0 Å². The largest absolute Gasteiger partial charge is 0.462 e. The Labute approximate surface area is 115 Å². The predicted octanol–water partition coefficient (Wildman–Crippen LogP) is 3.29. The minimum absolute atomic E-state index is 0.333. The summed E-state index contributed by atoms with van der Waals surface area (Å²) in [7, 11) is 0. The van der Waals surface area contributed by atoms with Crippen LogP contribution in [-0.4, -0.2) is 18.6 Å². The Morgan fingerprint density at radius 3 is 2.58 bits per heavy atom. The molecule has 0 radical (unpaired) electrons. The molecule has 0 fully saturated rings. The van der Waals surface area contributed by atoms with Crippen molar-refractivity contribution in [3.63, 3.8) is 0 Å². The molecule has 0 heterocycles. The second kappa shape index (κ2) is 7.02. The first kappa shape index (κ1) is 15.3. The molecule has 4 heteroatoms. The van der Waals surface area contributed by atoms with Crippen LogP contribution in [-0.2, 0) is 4.74 Å². The standard InChI is InChI=1S/C15H24N2O2/c1-5-12(10(3)4)17-13-9-7-8-11(14(13)16)15(18)19-6-2/h7-10,12,17H,5-6,16H2,1-4H3. The maximum absolute atomic E-state index is 11.8. The number of nitrogens with two attached hydrogens (primary N) is 1. The lowest BCUT2D eigenvalue weighted by Crippen LogP contribution is -2.25. The number of carbonyl (C=O) groups excluding carboxylic acids is 1. The molecule has 1 atom stereocenters. The monoisotopic (exact) mass is 264 g/mol. The van der Waals surface area contributed by atoms with E-state index in [1.165, 1.54) is 0 Å². The van der Waals surface area contributed by atoms with Crippen molar-refractivity contribution in [1.29, 1.82) is 0 Å². The lowest BCUT2D eigenvalue weighted by molar-refractivity contribution is 0.0527. The molecule has 0 aliphatic carbocycles. The summed E-state index contributed by atoms with van der Waals surface area (Å²) in [5, 5.41) is 3.40. The molecule has 1 rings (SSSR count). The maximum atomic E-state index is 11.8. The number of anilines is 2. The number of benzene rings is 1. The minimum atomic E-state index is -0.374. The highest BCUT2D eigenvalue weighted by molar-refractivity contribution is 5.98. The van der Waals surface area contributed by atoms with Crippen LogP contribution in [0.15, 0.2) is 18.2 Å². The van der Waals surface area contributed by atoms with Gasteiger partial charge in [-0.2, -0.15) is 0 Å². The molecule has 1 aromatic rings. The number of nitrogen functional groups attached to an aromatic ring is 1. The van der Waals surface area contributed by atoms with Crippen molar-refractivity contribution in [2.24, 2.45) is 5.92 Å². The van der Waals surface area contributed by atoms with E-state index in [0.29, 0.717) is 29.8 Å². The number of nitrogens with one attached hydrogen (secondary N) is 1. The first-order valence-corrected chi connectivity index (χ1v) is 6.83. The van der Waals surface area contributed by atoms with Gasteiger partial charge in [0.1, 0.15) is 0 Å². The van der Waals surface area contributed by atoms with E-state index < -0.39 is 0 Å². The van der Waals surface area contributed by atoms with Gasteiger partial charge in [-0.3, -0.25) is 0 Å². The molecule has 0 saturated carbocycles. The lowest BCUT2D eigenvalue weighted by Gasteiger charge is -2.23. The van der Waals surface area contributed by atoms with E-state index >= 15 is 0 Å².